The molecule has 2 aromatic carbocycles. The highest BCUT2D eigenvalue weighted by atomic mass is 35.5. The quantitative estimate of drug-likeness (QED) is 0.912. The zero-order chi connectivity index (χ0) is 13.4. The number of nitrogens with two attached hydrogens (primary N) is 1. The summed E-state index contributed by atoms with van der Waals surface area (Å²) in [7, 11) is 0. The molecule has 0 fully saturated rings. The molecular formula is C15H13ClFNO. The van der Waals surface area contributed by atoms with Gasteiger partial charge in [-0.2, -0.15) is 0 Å². The van der Waals surface area contributed by atoms with Crippen molar-refractivity contribution >= 4 is 11.6 Å². The van der Waals surface area contributed by atoms with Crippen molar-refractivity contribution in [1.82, 2.24) is 0 Å². The number of rotatable bonds is 2. The van der Waals surface area contributed by atoms with Crippen molar-refractivity contribution in [2.24, 2.45) is 5.73 Å². The molecule has 2 nitrogen and oxygen atoms in total. The Morgan fingerprint density at radius 2 is 1.95 bits per heavy atom. The SMILES string of the molecule is NC(c1ccc(F)cc1)c1cc(Cl)cc2c1OCC2. The fourth-order valence-electron chi connectivity index (χ4n) is 2.38. The normalized spacial score (nSPS) is 14.9. The summed E-state index contributed by atoms with van der Waals surface area (Å²) < 4.78 is 18.6. The summed E-state index contributed by atoms with van der Waals surface area (Å²) in [5.41, 5.74) is 9.02. The predicted molar refractivity (Wildman–Crippen MR) is 73.1 cm³/mol. The van der Waals surface area contributed by atoms with E-state index >= 15 is 0 Å². The Kier molecular flexibility index (Phi) is 3.17. The Balaban J connectivity index is 2.04. The van der Waals surface area contributed by atoms with Crippen LogP contribution in [-0.4, -0.2) is 6.61 Å². The summed E-state index contributed by atoms with van der Waals surface area (Å²) in [4.78, 5) is 0. The van der Waals surface area contributed by atoms with Gasteiger partial charge in [0, 0.05) is 17.0 Å². The van der Waals surface area contributed by atoms with Crippen LogP contribution >= 0.6 is 11.6 Å². The van der Waals surface area contributed by atoms with Crippen LogP contribution in [0.15, 0.2) is 36.4 Å². The summed E-state index contributed by atoms with van der Waals surface area (Å²) in [6.45, 7) is 0.652. The number of halogens is 2. The van der Waals surface area contributed by atoms with Crippen molar-refractivity contribution < 1.29 is 9.13 Å². The second-order valence-electron chi connectivity index (χ2n) is 4.61. The van der Waals surface area contributed by atoms with Crippen LogP contribution in [0, 0.1) is 5.82 Å². The molecule has 3 rings (SSSR count). The third kappa shape index (κ3) is 2.31. The lowest BCUT2D eigenvalue weighted by Crippen LogP contribution is -2.13. The molecule has 0 saturated heterocycles. The van der Waals surface area contributed by atoms with Gasteiger partial charge in [-0.15, -0.1) is 0 Å². The first-order chi connectivity index (χ1) is 9.15. The summed E-state index contributed by atoms with van der Waals surface area (Å²) in [5.74, 6) is 0.546. The minimum absolute atomic E-state index is 0.275. The molecular weight excluding hydrogens is 265 g/mol. The van der Waals surface area contributed by atoms with Crippen molar-refractivity contribution in [2.45, 2.75) is 12.5 Å². The van der Waals surface area contributed by atoms with E-state index in [1.54, 1.807) is 12.1 Å². The van der Waals surface area contributed by atoms with E-state index in [0.717, 1.165) is 28.9 Å². The van der Waals surface area contributed by atoms with Gasteiger partial charge in [0.2, 0.25) is 0 Å². The number of hydrogen-bond acceptors (Lipinski definition) is 2. The van der Waals surface area contributed by atoms with Crippen molar-refractivity contribution in [2.75, 3.05) is 6.61 Å². The van der Waals surface area contributed by atoms with Crippen molar-refractivity contribution in [3.8, 4) is 5.75 Å². The van der Waals surface area contributed by atoms with Gasteiger partial charge in [0.15, 0.2) is 0 Å². The molecule has 0 bridgehead atoms. The van der Waals surface area contributed by atoms with E-state index < -0.39 is 0 Å². The van der Waals surface area contributed by atoms with E-state index in [9.17, 15) is 4.39 Å². The van der Waals surface area contributed by atoms with Gasteiger partial charge in [-0.25, -0.2) is 4.39 Å². The molecule has 0 spiro atoms. The maximum Gasteiger partial charge on any atom is 0.127 e. The first-order valence-corrected chi connectivity index (χ1v) is 6.49. The van der Waals surface area contributed by atoms with Crippen LogP contribution < -0.4 is 10.5 Å². The van der Waals surface area contributed by atoms with E-state index in [-0.39, 0.29) is 11.9 Å². The second-order valence-corrected chi connectivity index (χ2v) is 5.05. The minimum atomic E-state index is -0.369. The van der Waals surface area contributed by atoms with Crippen molar-refractivity contribution in [1.29, 1.82) is 0 Å². The maximum absolute atomic E-state index is 12.9. The topological polar surface area (TPSA) is 35.2 Å². The van der Waals surface area contributed by atoms with Crippen LogP contribution in [0.3, 0.4) is 0 Å². The molecule has 0 saturated carbocycles. The van der Waals surface area contributed by atoms with Gasteiger partial charge in [-0.1, -0.05) is 23.7 Å². The first kappa shape index (κ1) is 12.5. The fourth-order valence-corrected chi connectivity index (χ4v) is 2.63. The summed E-state index contributed by atoms with van der Waals surface area (Å²) in [6.07, 6.45) is 0.846. The van der Waals surface area contributed by atoms with Crippen LogP contribution in [0.5, 0.6) is 5.75 Å². The van der Waals surface area contributed by atoms with Crippen molar-refractivity contribution in [3.63, 3.8) is 0 Å². The third-order valence-corrected chi connectivity index (χ3v) is 3.56. The van der Waals surface area contributed by atoms with Gasteiger partial charge in [-0.3, -0.25) is 0 Å². The lowest BCUT2D eigenvalue weighted by Gasteiger charge is -2.16. The summed E-state index contributed by atoms with van der Waals surface area (Å²) in [6, 6.07) is 9.53. The van der Waals surface area contributed by atoms with Gasteiger partial charge in [-0.05, 0) is 35.4 Å². The smallest absolute Gasteiger partial charge is 0.127 e. The second kappa shape index (κ2) is 4.83. The molecule has 0 aliphatic carbocycles. The lowest BCUT2D eigenvalue weighted by atomic mass is 9.96. The van der Waals surface area contributed by atoms with Gasteiger partial charge in [0.1, 0.15) is 11.6 Å². The molecule has 19 heavy (non-hydrogen) atoms. The number of hydrogen-bond donors (Lipinski definition) is 1. The van der Waals surface area contributed by atoms with Crippen LogP contribution in [-0.2, 0) is 6.42 Å². The molecule has 1 aliphatic rings. The monoisotopic (exact) mass is 277 g/mol. The first-order valence-electron chi connectivity index (χ1n) is 6.11. The van der Waals surface area contributed by atoms with E-state index in [2.05, 4.69) is 0 Å². The molecule has 98 valence electrons. The zero-order valence-corrected chi connectivity index (χ0v) is 11.0. The van der Waals surface area contributed by atoms with Gasteiger partial charge < -0.3 is 10.5 Å². The molecule has 0 amide bonds. The van der Waals surface area contributed by atoms with E-state index in [4.69, 9.17) is 22.1 Å². The molecule has 4 heteroatoms. The van der Waals surface area contributed by atoms with Gasteiger partial charge >= 0.3 is 0 Å². The summed E-state index contributed by atoms with van der Waals surface area (Å²) in [5, 5.41) is 0.650. The van der Waals surface area contributed by atoms with Crippen LogP contribution in [0.1, 0.15) is 22.7 Å². The number of benzene rings is 2. The molecule has 1 unspecified atom stereocenters. The van der Waals surface area contributed by atoms with Gasteiger partial charge in [0.05, 0.1) is 12.6 Å². The van der Waals surface area contributed by atoms with E-state index in [1.807, 2.05) is 12.1 Å². The highest BCUT2D eigenvalue weighted by molar-refractivity contribution is 6.30. The van der Waals surface area contributed by atoms with Crippen LogP contribution in [0.4, 0.5) is 4.39 Å². The summed E-state index contributed by atoms with van der Waals surface area (Å²) >= 11 is 6.11. The van der Waals surface area contributed by atoms with E-state index in [1.165, 1.54) is 12.1 Å². The highest BCUT2D eigenvalue weighted by Crippen LogP contribution is 2.37. The lowest BCUT2D eigenvalue weighted by molar-refractivity contribution is 0.352. The molecule has 0 radical (unpaired) electrons. The molecule has 1 atom stereocenters. The Morgan fingerprint density at radius 1 is 1.21 bits per heavy atom. The highest BCUT2D eigenvalue weighted by Gasteiger charge is 2.22. The predicted octanol–water partition coefficient (Wildman–Crippen LogP) is 3.46. The minimum Gasteiger partial charge on any atom is -0.493 e. The molecule has 2 aromatic rings. The molecule has 1 heterocycles. The molecule has 2 N–H and O–H groups in total. The van der Waals surface area contributed by atoms with Crippen molar-refractivity contribution in [3.05, 3.63) is 63.9 Å². The maximum atomic E-state index is 12.9. The average Bonchev–Trinajstić information content (AvgIpc) is 2.85. The number of ether oxygens (including phenoxy) is 1. The van der Waals surface area contributed by atoms with E-state index in [0.29, 0.717) is 11.6 Å². The molecule has 1 aliphatic heterocycles. The third-order valence-electron chi connectivity index (χ3n) is 3.34. The Morgan fingerprint density at radius 3 is 2.68 bits per heavy atom. The Labute approximate surface area is 115 Å². The Bertz CT molecular complexity index is 612. The van der Waals surface area contributed by atoms with Crippen LogP contribution in [0.25, 0.3) is 0 Å². The number of fused-ring (bicyclic) bond motifs is 1. The average molecular weight is 278 g/mol. The largest absolute Gasteiger partial charge is 0.493 e. The molecule has 0 aromatic heterocycles. The zero-order valence-electron chi connectivity index (χ0n) is 10.2. The van der Waals surface area contributed by atoms with Crippen LogP contribution in [0.2, 0.25) is 5.02 Å². The fraction of sp³-hybridized carbons (Fsp3) is 0.200. The Hall–Kier alpha value is -1.58. The standard InChI is InChI=1S/C15H13ClFNO/c16-11-7-10-5-6-19-15(10)13(8-11)14(18)9-1-3-12(17)4-2-9/h1-4,7-8,14H,5-6,18H2. The van der Waals surface area contributed by atoms with Gasteiger partial charge in [0.25, 0.3) is 0 Å².